The Balaban J connectivity index is 2.79. The Labute approximate surface area is 90.1 Å². The molecule has 2 nitrogen and oxygen atoms in total. The molecule has 0 bridgehead atoms. The molecule has 0 saturated heterocycles. The fourth-order valence-corrected chi connectivity index (χ4v) is 1.49. The van der Waals surface area contributed by atoms with Crippen LogP contribution in [0.2, 0.25) is 0 Å². The molecule has 0 saturated carbocycles. The van der Waals surface area contributed by atoms with Gasteiger partial charge in [-0.2, -0.15) is 12.6 Å². The molecule has 0 aromatic heterocycles. The maximum Gasteiger partial charge on any atom is 0.251 e. The number of benzene rings is 1. The highest BCUT2D eigenvalue weighted by Gasteiger charge is 2.04. The molecule has 1 amide bonds. The summed E-state index contributed by atoms with van der Waals surface area (Å²) in [6.45, 7) is 4.58. The third-order valence-electron chi connectivity index (χ3n) is 1.88. The molecule has 0 unspecified atom stereocenters. The van der Waals surface area contributed by atoms with Crippen molar-refractivity contribution in [2.45, 2.75) is 13.8 Å². The maximum atomic E-state index is 11.6. The smallest absolute Gasteiger partial charge is 0.251 e. The summed E-state index contributed by atoms with van der Waals surface area (Å²) in [4.78, 5) is 11.6. The molecule has 14 heavy (non-hydrogen) atoms. The number of amides is 1. The van der Waals surface area contributed by atoms with E-state index in [-0.39, 0.29) is 5.91 Å². The van der Waals surface area contributed by atoms with Crippen LogP contribution >= 0.6 is 12.6 Å². The molecule has 1 N–H and O–H groups in total. The van der Waals surface area contributed by atoms with Crippen molar-refractivity contribution in [3.8, 4) is 0 Å². The Bertz CT molecular complexity index is 316. The van der Waals surface area contributed by atoms with Crippen LogP contribution in [-0.2, 0) is 0 Å². The summed E-state index contributed by atoms with van der Waals surface area (Å²) >= 11 is 4.03. The second-order valence-corrected chi connectivity index (χ2v) is 3.80. The number of hydrogen-bond donors (Lipinski definition) is 2. The van der Waals surface area contributed by atoms with Crippen LogP contribution in [0.4, 0.5) is 0 Å². The molecule has 0 aliphatic heterocycles. The van der Waals surface area contributed by atoms with Crippen molar-refractivity contribution in [1.82, 2.24) is 5.32 Å². The van der Waals surface area contributed by atoms with Crippen LogP contribution in [0.1, 0.15) is 21.5 Å². The second-order valence-electron chi connectivity index (χ2n) is 3.36. The normalized spacial score (nSPS) is 9.93. The molecule has 1 rings (SSSR count). The topological polar surface area (TPSA) is 29.1 Å². The van der Waals surface area contributed by atoms with Crippen molar-refractivity contribution in [3.05, 3.63) is 34.9 Å². The van der Waals surface area contributed by atoms with Crippen molar-refractivity contribution < 1.29 is 4.79 Å². The zero-order chi connectivity index (χ0) is 10.6. The second kappa shape index (κ2) is 5.05. The van der Waals surface area contributed by atoms with E-state index in [0.717, 1.165) is 16.7 Å². The summed E-state index contributed by atoms with van der Waals surface area (Å²) in [7, 11) is 0. The van der Waals surface area contributed by atoms with Gasteiger partial charge in [0.05, 0.1) is 0 Å². The molecule has 1 aromatic rings. The molecule has 0 fully saturated rings. The van der Waals surface area contributed by atoms with Crippen LogP contribution in [0.25, 0.3) is 0 Å². The van der Waals surface area contributed by atoms with Crippen LogP contribution in [0.15, 0.2) is 18.2 Å². The minimum Gasteiger partial charge on any atom is -0.351 e. The zero-order valence-corrected chi connectivity index (χ0v) is 9.40. The van der Waals surface area contributed by atoms with Crippen molar-refractivity contribution in [3.63, 3.8) is 0 Å². The lowest BCUT2D eigenvalue weighted by Crippen LogP contribution is -2.25. The fourth-order valence-electron chi connectivity index (χ4n) is 1.38. The van der Waals surface area contributed by atoms with Crippen LogP contribution < -0.4 is 5.32 Å². The van der Waals surface area contributed by atoms with Gasteiger partial charge >= 0.3 is 0 Å². The van der Waals surface area contributed by atoms with E-state index in [1.165, 1.54) is 0 Å². The molecule has 0 radical (unpaired) electrons. The molecule has 0 spiro atoms. The summed E-state index contributed by atoms with van der Waals surface area (Å²) < 4.78 is 0. The van der Waals surface area contributed by atoms with Crippen LogP contribution in [0, 0.1) is 13.8 Å². The highest BCUT2D eigenvalue weighted by atomic mass is 32.1. The Morgan fingerprint density at radius 2 is 1.86 bits per heavy atom. The van der Waals surface area contributed by atoms with Crippen molar-refractivity contribution in [1.29, 1.82) is 0 Å². The summed E-state index contributed by atoms with van der Waals surface area (Å²) in [6.07, 6.45) is 0. The van der Waals surface area contributed by atoms with Gasteiger partial charge in [-0.1, -0.05) is 17.2 Å². The zero-order valence-electron chi connectivity index (χ0n) is 8.50. The van der Waals surface area contributed by atoms with Gasteiger partial charge in [0.2, 0.25) is 0 Å². The number of aryl methyl sites for hydroxylation is 2. The maximum absolute atomic E-state index is 11.6. The highest BCUT2D eigenvalue weighted by Crippen LogP contribution is 2.08. The van der Waals surface area contributed by atoms with E-state index in [1.54, 1.807) is 0 Å². The Morgan fingerprint density at radius 3 is 2.36 bits per heavy atom. The van der Waals surface area contributed by atoms with Gasteiger partial charge in [-0.25, -0.2) is 0 Å². The summed E-state index contributed by atoms with van der Waals surface area (Å²) in [5.41, 5.74) is 2.95. The van der Waals surface area contributed by atoms with Gasteiger partial charge in [0, 0.05) is 17.9 Å². The minimum atomic E-state index is -0.0224. The van der Waals surface area contributed by atoms with Gasteiger partial charge in [0.1, 0.15) is 0 Å². The SMILES string of the molecule is Cc1cc(C)cc(C(=O)NCCS)c1. The first-order valence-electron chi connectivity index (χ1n) is 4.61. The molecule has 0 aliphatic carbocycles. The molecule has 0 heterocycles. The Hall–Kier alpha value is -0.960. The average molecular weight is 209 g/mol. The number of thiol groups is 1. The van der Waals surface area contributed by atoms with E-state index >= 15 is 0 Å². The predicted octanol–water partition coefficient (Wildman–Crippen LogP) is 1.96. The van der Waals surface area contributed by atoms with E-state index in [0.29, 0.717) is 12.3 Å². The lowest BCUT2D eigenvalue weighted by molar-refractivity contribution is 0.0956. The summed E-state index contributed by atoms with van der Waals surface area (Å²) in [6, 6.07) is 5.83. The van der Waals surface area contributed by atoms with E-state index in [4.69, 9.17) is 0 Å². The third kappa shape index (κ3) is 3.07. The number of nitrogens with one attached hydrogen (secondary N) is 1. The Morgan fingerprint density at radius 1 is 1.29 bits per heavy atom. The van der Waals surface area contributed by atoms with E-state index < -0.39 is 0 Å². The van der Waals surface area contributed by atoms with Gasteiger partial charge in [0.15, 0.2) is 0 Å². The van der Waals surface area contributed by atoms with E-state index in [9.17, 15) is 4.79 Å². The van der Waals surface area contributed by atoms with Crippen molar-refractivity contribution in [2.24, 2.45) is 0 Å². The first-order valence-corrected chi connectivity index (χ1v) is 5.24. The minimum absolute atomic E-state index is 0.0224. The molecular weight excluding hydrogens is 194 g/mol. The van der Waals surface area contributed by atoms with E-state index in [2.05, 4.69) is 24.0 Å². The molecule has 76 valence electrons. The molecule has 0 atom stereocenters. The number of rotatable bonds is 3. The number of carbonyl (C=O) groups is 1. The molecule has 1 aromatic carbocycles. The Kier molecular flexibility index (Phi) is 4.01. The van der Waals surface area contributed by atoms with Crippen LogP contribution in [0.5, 0.6) is 0 Å². The van der Waals surface area contributed by atoms with Crippen molar-refractivity contribution >= 4 is 18.5 Å². The van der Waals surface area contributed by atoms with Gasteiger partial charge in [-0.3, -0.25) is 4.79 Å². The fraction of sp³-hybridized carbons (Fsp3) is 0.364. The monoisotopic (exact) mass is 209 g/mol. The predicted molar refractivity (Wildman–Crippen MR) is 62.1 cm³/mol. The van der Waals surface area contributed by atoms with Crippen molar-refractivity contribution in [2.75, 3.05) is 12.3 Å². The highest BCUT2D eigenvalue weighted by molar-refractivity contribution is 7.80. The van der Waals surface area contributed by atoms with Gasteiger partial charge in [-0.15, -0.1) is 0 Å². The number of hydrogen-bond acceptors (Lipinski definition) is 2. The van der Waals surface area contributed by atoms with Gasteiger partial charge in [0.25, 0.3) is 5.91 Å². The van der Waals surface area contributed by atoms with Gasteiger partial charge < -0.3 is 5.32 Å². The largest absolute Gasteiger partial charge is 0.351 e. The molecule has 3 heteroatoms. The summed E-state index contributed by atoms with van der Waals surface area (Å²) in [5, 5.41) is 2.79. The van der Waals surface area contributed by atoms with Crippen LogP contribution in [-0.4, -0.2) is 18.2 Å². The first kappa shape index (κ1) is 11.1. The summed E-state index contributed by atoms with van der Waals surface area (Å²) in [5.74, 6) is 0.641. The third-order valence-corrected chi connectivity index (χ3v) is 2.10. The van der Waals surface area contributed by atoms with Crippen LogP contribution in [0.3, 0.4) is 0 Å². The number of carbonyl (C=O) groups excluding carboxylic acids is 1. The molecule has 0 aliphatic rings. The molecular formula is C11H15NOS. The van der Waals surface area contributed by atoms with E-state index in [1.807, 2.05) is 26.0 Å². The lowest BCUT2D eigenvalue weighted by Gasteiger charge is -2.05. The standard InChI is InChI=1S/C11H15NOS/c1-8-5-9(2)7-10(6-8)11(13)12-3-4-14/h5-7,14H,3-4H2,1-2H3,(H,12,13). The first-order chi connectivity index (χ1) is 6.63. The van der Waals surface area contributed by atoms with Gasteiger partial charge in [-0.05, 0) is 26.0 Å². The lowest BCUT2D eigenvalue weighted by atomic mass is 10.1. The quantitative estimate of drug-likeness (QED) is 0.732. The average Bonchev–Trinajstić information content (AvgIpc) is 2.12.